The number of halogens is 1. The van der Waals surface area contributed by atoms with Crippen molar-refractivity contribution in [2.75, 3.05) is 18.5 Å². The number of aryl methyl sites for hydroxylation is 1. The second kappa shape index (κ2) is 10.6. The summed E-state index contributed by atoms with van der Waals surface area (Å²) in [5.74, 6) is -1.72. The van der Waals surface area contributed by atoms with E-state index in [0.717, 1.165) is 38.8 Å². The molecule has 0 atom stereocenters. The van der Waals surface area contributed by atoms with Gasteiger partial charge in [-0.15, -0.1) is 0 Å². The monoisotopic (exact) mass is 525 g/mol. The maximum atomic E-state index is 13.0. The number of carbonyl (C=O) groups excluding carboxylic acids is 4. The highest BCUT2D eigenvalue weighted by Crippen LogP contribution is 2.35. The van der Waals surface area contributed by atoms with Gasteiger partial charge in [0.1, 0.15) is 6.54 Å². The van der Waals surface area contributed by atoms with Crippen LogP contribution in [0.25, 0.3) is 17.0 Å². The predicted octanol–water partition coefficient (Wildman–Crippen LogP) is 5.38. The quantitative estimate of drug-likeness (QED) is 0.328. The lowest BCUT2D eigenvalue weighted by molar-refractivity contribution is -0.127. The summed E-state index contributed by atoms with van der Waals surface area (Å²) >= 11 is 6.89. The molecule has 3 aromatic rings. The van der Waals surface area contributed by atoms with Gasteiger partial charge < -0.3 is 14.6 Å². The highest BCUT2D eigenvalue weighted by Gasteiger charge is 2.36. The number of hydrogen-bond acceptors (Lipinski definition) is 6. The van der Waals surface area contributed by atoms with Crippen LogP contribution in [0.3, 0.4) is 0 Å². The molecule has 36 heavy (non-hydrogen) atoms. The van der Waals surface area contributed by atoms with Gasteiger partial charge >= 0.3 is 5.97 Å². The van der Waals surface area contributed by atoms with Crippen molar-refractivity contribution in [2.45, 2.75) is 20.3 Å². The molecule has 3 amide bonds. The Hall–Kier alpha value is -3.56. The summed E-state index contributed by atoms with van der Waals surface area (Å²) in [7, 11) is 1.94. The van der Waals surface area contributed by atoms with Crippen LogP contribution in [-0.4, -0.2) is 45.6 Å². The molecule has 2 aromatic carbocycles. The molecular formula is C26H24ClN3O5S. The molecule has 0 aliphatic carbocycles. The van der Waals surface area contributed by atoms with Crippen LogP contribution < -0.4 is 5.32 Å². The lowest BCUT2D eigenvalue weighted by Crippen LogP contribution is -2.36. The van der Waals surface area contributed by atoms with Gasteiger partial charge in [-0.3, -0.25) is 19.3 Å². The second-order valence-corrected chi connectivity index (χ2v) is 9.62. The fraction of sp³-hybridized carbons (Fsp3) is 0.231. The Bertz CT molecular complexity index is 1430. The number of imide groups is 1. The number of aromatic nitrogens is 1. The van der Waals surface area contributed by atoms with Gasteiger partial charge in [0.2, 0.25) is 5.91 Å². The number of carbonyl (C=O) groups is 4. The van der Waals surface area contributed by atoms with Crippen LogP contribution in [0.15, 0.2) is 47.4 Å². The summed E-state index contributed by atoms with van der Waals surface area (Å²) in [6.45, 7) is 3.60. The normalized spacial score (nSPS) is 14.7. The number of fused-ring (bicyclic) bond motifs is 1. The number of amides is 3. The average molecular weight is 526 g/mol. The van der Waals surface area contributed by atoms with E-state index < -0.39 is 29.6 Å². The summed E-state index contributed by atoms with van der Waals surface area (Å²) in [5, 5.41) is 3.24. The number of ether oxygens (including phenoxy) is 1. The topological polar surface area (TPSA) is 97.7 Å². The predicted molar refractivity (Wildman–Crippen MR) is 141 cm³/mol. The first-order chi connectivity index (χ1) is 17.2. The number of rotatable bonds is 7. The Morgan fingerprint density at radius 3 is 2.67 bits per heavy atom. The number of esters is 1. The second-order valence-electron chi connectivity index (χ2n) is 8.22. The summed E-state index contributed by atoms with van der Waals surface area (Å²) < 4.78 is 7.13. The Morgan fingerprint density at radius 2 is 1.92 bits per heavy atom. The van der Waals surface area contributed by atoms with Crippen LogP contribution in [0.4, 0.5) is 10.5 Å². The maximum absolute atomic E-state index is 13.0. The molecule has 1 aliphatic rings. The van der Waals surface area contributed by atoms with E-state index in [0.29, 0.717) is 12.1 Å². The number of benzene rings is 2. The van der Waals surface area contributed by atoms with Gasteiger partial charge in [0.05, 0.1) is 22.1 Å². The average Bonchev–Trinajstić information content (AvgIpc) is 3.26. The Balaban J connectivity index is 1.49. The van der Waals surface area contributed by atoms with Gasteiger partial charge in [-0.05, 0) is 55.4 Å². The number of anilines is 1. The summed E-state index contributed by atoms with van der Waals surface area (Å²) in [6, 6.07) is 12.2. The van der Waals surface area contributed by atoms with Crippen LogP contribution in [0.1, 0.15) is 35.0 Å². The lowest BCUT2D eigenvalue weighted by atomic mass is 10.1. The maximum Gasteiger partial charge on any atom is 0.339 e. The van der Waals surface area contributed by atoms with Crippen LogP contribution in [0.5, 0.6) is 0 Å². The third kappa shape index (κ3) is 5.03. The molecule has 1 saturated heterocycles. The van der Waals surface area contributed by atoms with E-state index in [4.69, 9.17) is 16.3 Å². The van der Waals surface area contributed by atoms with Gasteiger partial charge in [0.25, 0.3) is 11.1 Å². The minimum Gasteiger partial charge on any atom is -0.462 e. The molecule has 0 unspecified atom stereocenters. The molecule has 1 fully saturated rings. The molecule has 2 heterocycles. The fourth-order valence-electron chi connectivity index (χ4n) is 3.88. The first-order valence-corrected chi connectivity index (χ1v) is 12.5. The summed E-state index contributed by atoms with van der Waals surface area (Å²) in [5.41, 5.74) is 3.23. The van der Waals surface area contributed by atoms with E-state index >= 15 is 0 Å². The molecular weight excluding hydrogens is 502 g/mol. The van der Waals surface area contributed by atoms with Gasteiger partial charge in [-0.25, -0.2) is 4.79 Å². The molecule has 1 aromatic heterocycles. The zero-order valence-corrected chi connectivity index (χ0v) is 21.5. The van der Waals surface area contributed by atoms with Gasteiger partial charge in [-0.2, -0.15) is 0 Å². The largest absolute Gasteiger partial charge is 0.462 e. The number of nitrogens with one attached hydrogen (secondary N) is 1. The highest BCUT2D eigenvalue weighted by molar-refractivity contribution is 8.18. The Kier molecular flexibility index (Phi) is 7.51. The van der Waals surface area contributed by atoms with Crippen molar-refractivity contribution in [1.82, 2.24) is 9.47 Å². The van der Waals surface area contributed by atoms with Gasteiger partial charge in [-0.1, -0.05) is 36.7 Å². The summed E-state index contributed by atoms with van der Waals surface area (Å²) in [4.78, 5) is 51.6. The molecule has 0 spiro atoms. The molecule has 4 rings (SSSR count). The minimum atomic E-state index is -0.599. The smallest absolute Gasteiger partial charge is 0.339 e. The molecule has 1 N–H and O–H groups in total. The van der Waals surface area contributed by atoms with E-state index in [1.807, 2.05) is 49.7 Å². The first kappa shape index (κ1) is 25.5. The molecule has 8 nitrogen and oxygen atoms in total. The zero-order valence-electron chi connectivity index (χ0n) is 20.0. The zero-order chi connectivity index (χ0) is 26.0. The molecule has 10 heteroatoms. The Morgan fingerprint density at radius 1 is 1.17 bits per heavy atom. The van der Waals surface area contributed by atoms with Crippen molar-refractivity contribution in [3.63, 3.8) is 0 Å². The van der Waals surface area contributed by atoms with Crippen LogP contribution in [0, 0.1) is 6.92 Å². The van der Waals surface area contributed by atoms with E-state index in [9.17, 15) is 19.2 Å². The summed E-state index contributed by atoms with van der Waals surface area (Å²) in [6.07, 6.45) is 2.36. The van der Waals surface area contributed by atoms with Gasteiger partial charge in [0, 0.05) is 34.9 Å². The lowest BCUT2D eigenvalue weighted by Gasteiger charge is -2.13. The van der Waals surface area contributed by atoms with Crippen LogP contribution >= 0.6 is 23.4 Å². The van der Waals surface area contributed by atoms with E-state index in [-0.39, 0.29) is 22.1 Å². The number of thioether (sulfide) groups is 1. The molecule has 0 bridgehead atoms. The van der Waals surface area contributed by atoms with Crippen molar-refractivity contribution in [3.8, 4) is 0 Å². The fourth-order valence-corrected chi connectivity index (χ4v) is 4.89. The van der Waals surface area contributed by atoms with Crippen molar-refractivity contribution < 1.29 is 23.9 Å². The third-order valence-electron chi connectivity index (χ3n) is 5.81. The molecule has 186 valence electrons. The number of nitrogens with zero attached hydrogens (tertiary/aromatic N) is 2. The first-order valence-electron chi connectivity index (χ1n) is 11.3. The van der Waals surface area contributed by atoms with E-state index in [2.05, 4.69) is 5.32 Å². The van der Waals surface area contributed by atoms with Crippen molar-refractivity contribution in [3.05, 3.63) is 69.2 Å². The molecule has 1 aliphatic heterocycles. The van der Waals surface area contributed by atoms with Crippen molar-refractivity contribution >= 4 is 69.1 Å². The highest BCUT2D eigenvalue weighted by atomic mass is 35.5. The number of para-hydroxylation sites is 1. The standard InChI is InChI=1S/C26H24ClN3O5S/c1-4-11-35-25(33)19-12-16(9-10-20(19)27)28-23(31)14-30-24(32)22(36-26(30)34)13-18-15(2)29(3)21-8-6-5-7-17(18)21/h5-10,12-13H,4,11,14H2,1-3H3,(H,28,31)/b22-13-. The van der Waals surface area contributed by atoms with Crippen LogP contribution in [0.2, 0.25) is 5.02 Å². The van der Waals surface area contributed by atoms with E-state index in [1.165, 1.54) is 18.2 Å². The van der Waals surface area contributed by atoms with E-state index in [1.54, 1.807) is 6.08 Å². The van der Waals surface area contributed by atoms with Crippen molar-refractivity contribution in [2.24, 2.45) is 7.05 Å². The SMILES string of the molecule is CCCOC(=O)c1cc(NC(=O)CN2C(=O)S/C(=C\c3c(C)n(C)c4ccccc34)C2=O)ccc1Cl. The third-order valence-corrected chi connectivity index (χ3v) is 7.04. The number of hydrogen-bond donors (Lipinski definition) is 1. The molecule has 0 saturated carbocycles. The van der Waals surface area contributed by atoms with Gasteiger partial charge in [0.15, 0.2) is 0 Å². The van der Waals surface area contributed by atoms with Crippen LogP contribution in [-0.2, 0) is 21.4 Å². The Labute approximate surface area is 217 Å². The molecule has 0 radical (unpaired) electrons. The van der Waals surface area contributed by atoms with Crippen molar-refractivity contribution in [1.29, 1.82) is 0 Å². The minimum absolute atomic E-state index is 0.113.